The highest BCUT2D eigenvalue weighted by atomic mass is 19.1. The fourth-order valence-corrected chi connectivity index (χ4v) is 2.13. The molecule has 2 aromatic rings. The fraction of sp³-hybridized carbons (Fsp3) is 0.267. The Labute approximate surface area is 130 Å². The lowest BCUT2D eigenvalue weighted by molar-refractivity contribution is -0.139. The molecule has 0 radical (unpaired) electrons. The van der Waals surface area contributed by atoms with Gasteiger partial charge in [-0.15, -0.1) is 0 Å². The molecule has 1 aromatic carbocycles. The molecule has 3 N–H and O–H groups in total. The summed E-state index contributed by atoms with van der Waals surface area (Å²) in [7, 11) is 0. The van der Waals surface area contributed by atoms with Crippen molar-refractivity contribution in [3.05, 3.63) is 35.3 Å². The van der Waals surface area contributed by atoms with Crippen molar-refractivity contribution in [3.63, 3.8) is 0 Å². The van der Waals surface area contributed by atoms with E-state index in [9.17, 15) is 18.8 Å². The number of nitrogens with one attached hydrogen (secondary N) is 3. The standard InChI is InChI=1S/C15H14FN3O4/c1-7-9-3-2-4-10(16)12(9)23-11(7)13(20)18-19-15(22)14(21)17-8-5-6-8/h2-4,8H,5-6H2,1H3,(H,17,21)(H,18,20)(H,19,22). The maximum atomic E-state index is 13.6. The Kier molecular flexibility index (Phi) is 3.73. The van der Waals surface area contributed by atoms with Crippen LogP contribution in [-0.4, -0.2) is 23.8 Å². The van der Waals surface area contributed by atoms with Gasteiger partial charge in [-0.05, 0) is 25.8 Å². The van der Waals surface area contributed by atoms with Gasteiger partial charge < -0.3 is 9.73 Å². The number of hydrogen-bond donors (Lipinski definition) is 3. The Bertz CT molecular complexity index is 810. The van der Waals surface area contributed by atoms with E-state index >= 15 is 0 Å². The summed E-state index contributed by atoms with van der Waals surface area (Å²) in [4.78, 5) is 35.0. The fourth-order valence-electron chi connectivity index (χ4n) is 2.13. The summed E-state index contributed by atoms with van der Waals surface area (Å²) in [6.07, 6.45) is 1.68. The number of halogens is 1. The molecule has 1 saturated carbocycles. The SMILES string of the molecule is Cc1c(C(=O)NNC(=O)C(=O)NC2CC2)oc2c(F)cccc12. The highest BCUT2D eigenvalue weighted by Gasteiger charge is 2.27. The topological polar surface area (TPSA) is 100 Å². The van der Waals surface area contributed by atoms with Gasteiger partial charge in [-0.25, -0.2) is 4.39 Å². The molecule has 0 aliphatic heterocycles. The van der Waals surface area contributed by atoms with Gasteiger partial charge in [0.05, 0.1) is 0 Å². The van der Waals surface area contributed by atoms with Crippen LogP contribution in [0.25, 0.3) is 11.0 Å². The van der Waals surface area contributed by atoms with E-state index in [-0.39, 0.29) is 17.4 Å². The van der Waals surface area contributed by atoms with Crippen LogP contribution in [0.15, 0.2) is 22.6 Å². The average molecular weight is 319 g/mol. The number of para-hydroxylation sites is 1. The number of furan rings is 1. The van der Waals surface area contributed by atoms with E-state index in [0.29, 0.717) is 10.9 Å². The van der Waals surface area contributed by atoms with Gasteiger partial charge >= 0.3 is 17.7 Å². The van der Waals surface area contributed by atoms with Crippen LogP contribution in [0.4, 0.5) is 4.39 Å². The molecular weight excluding hydrogens is 305 g/mol. The van der Waals surface area contributed by atoms with Crippen LogP contribution < -0.4 is 16.2 Å². The predicted molar refractivity (Wildman–Crippen MR) is 77.7 cm³/mol. The zero-order valence-corrected chi connectivity index (χ0v) is 12.2. The molecule has 0 saturated heterocycles. The second kappa shape index (κ2) is 5.71. The largest absolute Gasteiger partial charge is 0.447 e. The number of benzene rings is 1. The maximum absolute atomic E-state index is 13.6. The molecule has 1 aliphatic rings. The van der Waals surface area contributed by atoms with Crippen LogP contribution in [0, 0.1) is 12.7 Å². The molecular formula is C15H14FN3O4. The molecule has 1 fully saturated rings. The van der Waals surface area contributed by atoms with Crippen molar-refractivity contribution in [3.8, 4) is 0 Å². The number of hydrazine groups is 1. The van der Waals surface area contributed by atoms with Gasteiger partial charge in [-0.2, -0.15) is 0 Å². The molecule has 0 spiro atoms. The van der Waals surface area contributed by atoms with Gasteiger partial charge in [-0.3, -0.25) is 25.2 Å². The van der Waals surface area contributed by atoms with Gasteiger partial charge in [0.1, 0.15) is 0 Å². The first kappa shape index (κ1) is 15.0. The molecule has 0 bridgehead atoms. The first-order chi connectivity index (χ1) is 11.0. The molecule has 120 valence electrons. The van der Waals surface area contributed by atoms with Crippen molar-refractivity contribution in [2.45, 2.75) is 25.8 Å². The van der Waals surface area contributed by atoms with Crippen molar-refractivity contribution in [2.24, 2.45) is 0 Å². The molecule has 1 aromatic heterocycles. The van der Waals surface area contributed by atoms with Crippen molar-refractivity contribution >= 4 is 28.7 Å². The van der Waals surface area contributed by atoms with Gasteiger partial charge in [0.2, 0.25) is 0 Å². The van der Waals surface area contributed by atoms with E-state index < -0.39 is 23.5 Å². The first-order valence-corrected chi connectivity index (χ1v) is 7.06. The smallest absolute Gasteiger partial charge is 0.327 e. The molecule has 8 heteroatoms. The number of aryl methyl sites for hydroxylation is 1. The predicted octanol–water partition coefficient (Wildman–Crippen LogP) is 0.920. The van der Waals surface area contributed by atoms with Crippen LogP contribution in [0.1, 0.15) is 29.0 Å². The molecule has 3 amide bonds. The van der Waals surface area contributed by atoms with Crippen molar-refractivity contribution in [2.75, 3.05) is 0 Å². The second-order valence-corrected chi connectivity index (χ2v) is 5.33. The number of fused-ring (bicyclic) bond motifs is 1. The molecule has 0 unspecified atom stereocenters. The van der Waals surface area contributed by atoms with Crippen molar-refractivity contribution in [1.29, 1.82) is 0 Å². The van der Waals surface area contributed by atoms with Crippen LogP contribution in [-0.2, 0) is 9.59 Å². The number of carbonyl (C=O) groups excluding carboxylic acids is 3. The molecule has 23 heavy (non-hydrogen) atoms. The van der Waals surface area contributed by atoms with Crippen molar-refractivity contribution in [1.82, 2.24) is 16.2 Å². The van der Waals surface area contributed by atoms with Gasteiger partial charge in [-0.1, -0.05) is 12.1 Å². The Balaban J connectivity index is 1.68. The normalized spacial score (nSPS) is 13.7. The Hall–Kier alpha value is -2.90. The highest BCUT2D eigenvalue weighted by Crippen LogP contribution is 2.27. The summed E-state index contributed by atoms with van der Waals surface area (Å²) >= 11 is 0. The molecule has 1 aliphatic carbocycles. The Morgan fingerprint density at radius 2 is 1.91 bits per heavy atom. The van der Waals surface area contributed by atoms with Crippen molar-refractivity contribution < 1.29 is 23.2 Å². The minimum Gasteiger partial charge on any atom is -0.447 e. The van der Waals surface area contributed by atoms with Crippen LogP contribution in [0.3, 0.4) is 0 Å². The van der Waals surface area contributed by atoms with E-state index in [1.807, 2.05) is 5.43 Å². The summed E-state index contributed by atoms with van der Waals surface area (Å²) in [5, 5.41) is 2.95. The lowest BCUT2D eigenvalue weighted by Gasteiger charge is -2.06. The quantitative estimate of drug-likeness (QED) is 0.566. The van der Waals surface area contributed by atoms with E-state index in [2.05, 4.69) is 10.7 Å². The molecule has 3 rings (SSSR count). The molecule has 1 heterocycles. The third kappa shape index (κ3) is 3.01. The number of rotatable bonds is 2. The third-order valence-corrected chi connectivity index (χ3v) is 3.53. The Morgan fingerprint density at radius 1 is 1.17 bits per heavy atom. The minimum atomic E-state index is -0.981. The number of hydrogen-bond acceptors (Lipinski definition) is 4. The lowest BCUT2D eigenvalue weighted by Crippen LogP contribution is -2.49. The van der Waals surface area contributed by atoms with E-state index in [0.717, 1.165) is 12.8 Å². The summed E-state index contributed by atoms with van der Waals surface area (Å²) in [6, 6.07) is 4.38. The van der Waals surface area contributed by atoms with E-state index in [4.69, 9.17) is 4.42 Å². The van der Waals surface area contributed by atoms with Crippen LogP contribution >= 0.6 is 0 Å². The second-order valence-electron chi connectivity index (χ2n) is 5.33. The van der Waals surface area contributed by atoms with Gasteiger partial charge in [0, 0.05) is 17.0 Å². The summed E-state index contributed by atoms with van der Waals surface area (Å²) in [5.41, 5.74) is 4.48. The summed E-state index contributed by atoms with van der Waals surface area (Å²) in [5.74, 6) is -3.29. The average Bonchev–Trinajstić information content (AvgIpc) is 3.27. The van der Waals surface area contributed by atoms with E-state index in [1.165, 1.54) is 12.1 Å². The van der Waals surface area contributed by atoms with Gasteiger partial charge in [0.25, 0.3) is 0 Å². The monoisotopic (exact) mass is 319 g/mol. The van der Waals surface area contributed by atoms with E-state index in [1.54, 1.807) is 13.0 Å². The number of carbonyl (C=O) groups is 3. The molecule has 0 atom stereocenters. The third-order valence-electron chi connectivity index (χ3n) is 3.53. The maximum Gasteiger partial charge on any atom is 0.327 e. The lowest BCUT2D eigenvalue weighted by atomic mass is 10.1. The number of amides is 3. The first-order valence-electron chi connectivity index (χ1n) is 7.06. The Morgan fingerprint density at radius 3 is 2.57 bits per heavy atom. The van der Waals surface area contributed by atoms with Crippen LogP contribution in [0.2, 0.25) is 0 Å². The van der Waals surface area contributed by atoms with Crippen LogP contribution in [0.5, 0.6) is 0 Å². The minimum absolute atomic E-state index is 0.0320. The zero-order valence-electron chi connectivity index (χ0n) is 12.2. The summed E-state index contributed by atoms with van der Waals surface area (Å²) < 4.78 is 18.9. The van der Waals surface area contributed by atoms with Gasteiger partial charge in [0.15, 0.2) is 17.2 Å². The zero-order chi connectivity index (χ0) is 16.6. The molecule has 7 nitrogen and oxygen atoms in total. The highest BCUT2D eigenvalue weighted by molar-refractivity contribution is 6.35. The summed E-state index contributed by atoms with van der Waals surface area (Å²) in [6.45, 7) is 1.60.